The van der Waals surface area contributed by atoms with Crippen molar-refractivity contribution in [3.8, 4) is 0 Å². The summed E-state index contributed by atoms with van der Waals surface area (Å²) in [4.78, 5) is 14.0. The highest BCUT2D eigenvalue weighted by Crippen LogP contribution is 2.44. The molecular weight excluding hydrogens is 352 g/mol. The minimum Gasteiger partial charge on any atom is -0.305 e. The lowest BCUT2D eigenvalue weighted by Gasteiger charge is -2.49. The van der Waals surface area contributed by atoms with Gasteiger partial charge in [-0.05, 0) is 62.6 Å². The molecule has 1 aromatic carbocycles. The molecule has 144 valence electrons. The first-order valence-corrected chi connectivity index (χ1v) is 11.2. The minimum atomic E-state index is 0.475. The summed E-state index contributed by atoms with van der Waals surface area (Å²) >= 11 is 1.60. The van der Waals surface area contributed by atoms with Gasteiger partial charge in [-0.15, -0.1) is 0 Å². The molecule has 4 nitrogen and oxygen atoms in total. The lowest BCUT2D eigenvalue weighted by Crippen LogP contribution is -2.50. The van der Waals surface area contributed by atoms with Crippen LogP contribution < -0.4 is 0 Å². The minimum absolute atomic E-state index is 0.475. The molecule has 5 heteroatoms. The second-order valence-electron chi connectivity index (χ2n) is 8.36. The van der Waals surface area contributed by atoms with Gasteiger partial charge in [0.15, 0.2) is 5.16 Å². The van der Waals surface area contributed by atoms with Crippen LogP contribution in [0.15, 0.2) is 47.9 Å². The van der Waals surface area contributed by atoms with Crippen LogP contribution in [0.2, 0.25) is 0 Å². The summed E-state index contributed by atoms with van der Waals surface area (Å²) in [6.45, 7) is 5.77. The predicted octanol–water partition coefficient (Wildman–Crippen LogP) is 3.90. The van der Waals surface area contributed by atoms with Crippen LogP contribution in [-0.4, -0.2) is 59.3 Å². The van der Waals surface area contributed by atoms with E-state index in [0.29, 0.717) is 11.3 Å². The van der Waals surface area contributed by atoms with Gasteiger partial charge in [0.2, 0.25) is 0 Å². The quantitative estimate of drug-likeness (QED) is 0.591. The maximum Gasteiger partial charge on any atom is 0.187 e. The Balaban J connectivity index is 1.38. The number of benzene rings is 1. The van der Waals surface area contributed by atoms with Crippen LogP contribution in [0.3, 0.4) is 0 Å². The molecule has 3 heterocycles. The molecule has 1 unspecified atom stereocenters. The average Bonchev–Trinajstić information content (AvgIpc) is 2.71. The number of piperidine rings is 2. The number of thioether (sulfide) groups is 1. The van der Waals surface area contributed by atoms with E-state index in [2.05, 4.69) is 57.1 Å². The van der Waals surface area contributed by atoms with E-state index in [1.165, 1.54) is 56.6 Å². The fourth-order valence-electron chi connectivity index (χ4n) is 4.95. The molecule has 2 aliphatic heterocycles. The van der Waals surface area contributed by atoms with Gasteiger partial charge in [-0.3, -0.25) is 4.90 Å². The zero-order chi connectivity index (χ0) is 18.7. The third-order valence-corrected chi connectivity index (χ3v) is 6.85. The van der Waals surface area contributed by atoms with Gasteiger partial charge in [0.05, 0.1) is 0 Å². The van der Waals surface area contributed by atoms with Gasteiger partial charge in [0, 0.05) is 37.6 Å². The van der Waals surface area contributed by atoms with E-state index in [1.807, 2.05) is 18.6 Å². The van der Waals surface area contributed by atoms with Crippen LogP contribution >= 0.6 is 11.8 Å². The third kappa shape index (κ3) is 4.53. The molecular formula is C22H30N4S. The van der Waals surface area contributed by atoms with Gasteiger partial charge in [-0.2, -0.15) is 0 Å². The number of hydrogen-bond acceptors (Lipinski definition) is 5. The monoisotopic (exact) mass is 382 g/mol. The Morgan fingerprint density at radius 2 is 1.81 bits per heavy atom. The lowest BCUT2D eigenvalue weighted by molar-refractivity contribution is 0.0218. The van der Waals surface area contributed by atoms with Crippen molar-refractivity contribution in [2.24, 2.45) is 5.41 Å². The molecule has 0 amide bonds. The molecule has 1 aromatic heterocycles. The molecule has 4 rings (SSSR count). The van der Waals surface area contributed by atoms with Crippen molar-refractivity contribution in [3.05, 3.63) is 53.9 Å². The molecule has 27 heavy (non-hydrogen) atoms. The first-order valence-electron chi connectivity index (χ1n) is 9.97. The Morgan fingerprint density at radius 3 is 2.48 bits per heavy atom. The van der Waals surface area contributed by atoms with Gasteiger partial charge in [0.25, 0.3) is 0 Å². The highest BCUT2D eigenvalue weighted by molar-refractivity contribution is 7.98. The highest BCUT2D eigenvalue weighted by atomic mass is 32.2. The second kappa shape index (κ2) is 8.29. The van der Waals surface area contributed by atoms with E-state index >= 15 is 0 Å². The first-order chi connectivity index (χ1) is 13.2. The largest absolute Gasteiger partial charge is 0.305 e. The Kier molecular flexibility index (Phi) is 5.81. The van der Waals surface area contributed by atoms with Crippen LogP contribution in [-0.2, 0) is 6.54 Å². The van der Waals surface area contributed by atoms with E-state index in [-0.39, 0.29) is 0 Å². The SMILES string of the molecule is CSc1ncc(CN2CCC3(CC2)CC(c2ccccc2)CN(C)C3)cn1. The molecule has 0 bridgehead atoms. The second-order valence-corrected chi connectivity index (χ2v) is 9.14. The van der Waals surface area contributed by atoms with Crippen LogP contribution in [0, 0.1) is 5.41 Å². The summed E-state index contributed by atoms with van der Waals surface area (Å²) < 4.78 is 0. The fourth-order valence-corrected chi connectivity index (χ4v) is 5.27. The van der Waals surface area contributed by atoms with Crippen molar-refractivity contribution < 1.29 is 0 Å². The van der Waals surface area contributed by atoms with Gasteiger partial charge in [0.1, 0.15) is 0 Å². The molecule has 2 saturated heterocycles. The number of rotatable bonds is 4. The molecule has 1 atom stereocenters. The van der Waals surface area contributed by atoms with Crippen molar-refractivity contribution in [2.75, 3.05) is 39.5 Å². The fraction of sp³-hybridized carbons (Fsp3) is 0.545. The van der Waals surface area contributed by atoms with Gasteiger partial charge < -0.3 is 4.90 Å². The summed E-state index contributed by atoms with van der Waals surface area (Å²) in [5, 5.41) is 0.855. The topological polar surface area (TPSA) is 32.3 Å². The number of nitrogens with zero attached hydrogens (tertiary/aromatic N) is 4. The number of hydrogen-bond donors (Lipinski definition) is 0. The molecule has 0 saturated carbocycles. The maximum absolute atomic E-state index is 4.42. The van der Waals surface area contributed by atoms with Gasteiger partial charge in [-0.1, -0.05) is 42.1 Å². The number of likely N-dealkylation sites (tertiary alicyclic amines) is 2. The van der Waals surface area contributed by atoms with Crippen LogP contribution in [0.25, 0.3) is 0 Å². The van der Waals surface area contributed by atoms with E-state index in [1.54, 1.807) is 11.8 Å². The third-order valence-electron chi connectivity index (χ3n) is 6.27. The summed E-state index contributed by atoms with van der Waals surface area (Å²) in [6, 6.07) is 11.1. The molecule has 1 spiro atoms. The van der Waals surface area contributed by atoms with E-state index in [4.69, 9.17) is 0 Å². The van der Waals surface area contributed by atoms with Crippen LogP contribution in [0.4, 0.5) is 0 Å². The molecule has 2 fully saturated rings. The predicted molar refractivity (Wildman–Crippen MR) is 112 cm³/mol. The zero-order valence-electron chi connectivity index (χ0n) is 16.5. The molecule has 2 aromatic rings. The lowest BCUT2D eigenvalue weighted by atomic mass is 9.68. The van der Waals surface area contributed by atoms with Gasteiger partial charge in [-0.25, -0.2) is 9.97 Å². The normalized spacial score (nSPS) is 23.6. The van der Waals surface area contributed by atoms with E-state index in [0.717, 1.165) is 11.7 Å². The maximum atomic E-state index is 4.42. The van der Waals surface area contributed by atoms with E-state index in [9.17, 15) is 0 Å². The first kappa shape index (κ1) is 18.9. The highest BCUT2D eigenvalue weighted by Gasteiger charge is 2.41. The van der Waals surface area contributed by atoms with Crippen molar-refractivity contribution in [3.63, 3.8) is 0 Å². The van der Waals surface area contributed by atoms with E-state index < -0.39 is 0 Å². The Morgan fingerprint density at radius 1 is 1.11 bits per heavy atom. The summed E-state index contributed by atoms with van der Waals surface area (Å²) in [6.07, 6.45) is 9.92. The molecule has 0 N–H and O–H groups in total. The summed E-state index contributed by atoms with van der Waals surface area (Å²) in [5.74, 6) is 0.670. The zero-order valence-corrected chi connectivity index (χ0v) is 17.3. The molecule has 0 aliphatic carbocycles. The average molecular weight is 383 g/mol. The Hall–Kier alpha value is -1.43. The van der Waals surface area contributed by atoms with Crippen molar-refractivity contribution in [2.45, 2.75) is 36.9 Å². The van der Waals surface area contributed by atoms with Crippen molar-refractivity contribution in [1.82, 2.24) is 19.8 Å². The van der Waals surface area contributed by atoms with Crippen LogP contribution in [0.5, 0.6) is 0 Å². The molecule has 0 radical (unpaired) electrons. The number of aromatic nitrogens is 2. The standard InChI is InChI=1S/C22H30N4S/c1-25-16-20(19-6-4-3-5-7-19)12-22(17-25)8-10-26(11-9-22)15-18-13-23-21(27-2)24-14-18/h3-7,13-14,20H,8-12,15-17H2,1-2H3. The smallest absolute Gasteiger partial charge is 0.187 e. The van der Waals surface area contributed by atoms with Gasteiger partial charge >= 0.3 is 0 Å². The van der Waals surface area contributed by atoms with Crippen molar-refractivity contribution in [1.29, 1.82) is 0 Å². The van der Waals surface area contributed by atoms with Crippen LogP contribution in [0.1, 0.15) is 36.3 Å². The Labute approximate surface area is 167 Å². The van der Waals surface area contributed by atoms with Crippen molar-refractivity contribution >= 4 is 11.8 Å². The molecule has 2 aliphatic rings. The Bertz CT molecular complexity index is 726. The number of likely N-dealkylation sites (N-methyl/N-ethyl adjacent to an activating group) is 1. The summed E-state index contributed by atoms with van der Waals surface area (Å²) in [7, 11) is 2.30. The summed E-state index contributed by atoms with van der Waals surface area (Å²) in [5.41, 5.74) is 3.21.